The van der Waals surface area contributed by atoms with Crippen LogP contribution in [0.15, 0.2) is 66.9 Å². The molecule has 1 aliphatic heterocycles. The van der Waals surface area contributed by atoms with Crippen LogP contribution in [0.25, 0.3) is 0 Å². The highest BCUT2D eigenvalue weighted by atomic mass is 16.5. The quantitative estimate of drug-likeness (QED) is 0.656. The molecule has 2 N–H and O–H groups in total. The highest BCUT2D eigenvalue weighted by Gasteiger charge is 2.14. The molecule has 1 aromatic heterocycles. The molecule has 6 nitrogen and oxygen atoms in total. The van der Waals surface area contributed by atoms with Crippen molar-refractivity contribution in [3.63, 3.8) is 0 Å². The summed E-state index contributed by atoms with van der Waals surface area (Å²) in [6.07, 6.45) is 2.71. The molecule has 3 aromatic rings. The topological polar surface area (TPSA) is 62.3 Å². The molecular weight excluding hydrogens is 350 g/mol. The first-order valence-electron chi connectivity index (χ1n) is 9.68. The molecule has 0 radical (unpaired) electrons. The van der Waals surface area contributed by atoms with Gasteiger partial charge in [-0.15, -0.1) is 0 Å². The van der Waals surface area contributed by atoms with E-state index >= 15 is 0 Å². The summed E-state index contributed by atoms with van der Waals surface area (Å²) in [7, 11) is 0. The first-order chi connectivity index (χ1) is 13.9. The average Bonchev–Trinajstić information content (AvgIpc) is 2.76. The van der Waals surface area contributed by atoms with Gasteiger partial charge in [-0.3, -0.25) is 0 Å². The Balaban J connectivity index is 1.41. The molecule has 4 rings (SSSR count). The van der Waals surface area contributed by atoms with Crippen LogP contribution in [0.5, 0.6) is 0 Å². The van der Waals surface area contributed by atoms with Gasteiger partial charge in [0.25, 0.3) is 0 Å². The van der Waals surface area contributed by atoms with E-state index in [1.54, 1.807) is 6.20 Å². The third kappa shape index (κ3) is 4.78. The number of hydrogen-bond donors (Lipinski definition) is 2. The second kappa shape index (κ2) is 9.19. The third-order valence-electron chi connectivity index (χ3n) is 4.71. The molecule has 1 saturated heterocycles. The fraction of sp³-hybridized carbons (Fsp3) is 0.273. The number of ether oxygens (including phenoxy) is 1. The zero-order valence-corrected chi connectivity index (χ0v) is 15.8. The van der Waals surface area contributed by atoms with Gasteiger partial charge in [0.15, 0.2) is 0 Å². The van der Waals surface area contributed by atoms with E-state index in [4.69, 9.17) is 4.74 Å². The van der Waals surface area contributed by atoms with Crippen molar-refractivity contribution in [1.82, 2.24) is 9.97 Å². The van der Waals surface area contributed by atoms with Gasteiger partial charge in [-0.05, 0) is 30.2 Å². The van der Waals surface area contributed by atoms with E-state index in [0.717, 1.165) is 50.8 Å². The Labute approximate surface area is 165 Å². The number of rotatable bonds is 7. The van der Waals surface area contributed by atoms with E-state index < -0.39 is 0 Å². The van der Waals surface area contributed by atoms with Crippen LogP contribution in [0, 0.1) is 0 Å². The lowest BCUT2D eigenvalue weighted by Crippen LogP contribution is -2.36. The summed E-state index contributed by atoms with van der Waals surface area (Å²) < 4.78 is 5.47. The van der Waals surface area contributed by atoms with Gasteiger partial charge in [-0.25, -0.2) is 4.98 Å². The molecule has 28 heavy (non-hydrogen) atoms. The number of nitrogens with zero attached hydrogens (tertiary/aromatic N) is 3. The third-order valence-corrected chi connectivity index (χ3v) is 4.71. The first kappa shape index (κ1) is 18.3. The summed E-state index contributed by atoms with van der Waals surface area (Å²) in [5.41, 5.74) is 3.50. The van der Waals surface area contributed by atoms with Gasteiger partial charge < -0.3 is 20.3 Å². The van der Waals surface area contributed by atoms with E-state index in [0.29, 0.717) is 5.95 Å². The van der Waals surface area contributed by atoms with Crippen LogP contribution in [0.1, 0.15) is 5.56 Å². The summed E-state index contributed by atoms with van der Waals surface area (Å²) in [4.78, 5) is 11.3. The summed E-state index contributed by atoms with van der Waals surface area (Å²) in [5, 5.41) is 6.75. The van der Waals surface area contributed by atoms with Crippen molar-refractivity contribution < 1.29 is 4.74 Å². The largest absolute Gasteiger partial charge is 0.378 e. The summed E-state index contributed by atoms with van der Waals surface area (Å²) in [6, 6.07) is 20.6. The number of para-hydroxylation sites is 2. The second-order valence-electron chi connectivity index (χ2n) is 6.67. The SMILES string of the molecule is c1ccc(CCNc2nccc(Nc3ccccc3N3CCOCC3)n2)cc1. The molecule has 0 atom stereocenters. The van der Waals surface area contributed by atoms with Crippen LogP contribution in [0.2, 0.25) is 0 Å². The predicted octanol–water partition coefficient (Wildman–Crippen LogP) is 3.71. The molecule has 0 aliphatic carbocycles. The first-order valence-corrected chi connectivity index (χ1v) is 9.68. The lowest BCUT2D eigenvalue weighted by molar-refractivity contribution is 0.123. The van der Waals surface area contributed by atoms with E-state index in [-0.39, 0.29) is 0 Å². The normalized spacial score (nSPS) is 13.9. The van der Waals surface area contributed by atoms with Gasteiger partial charge in [0, 0.05) is 25.8 Å². The lowest BCUT2D eigenvalue weighted by Gasteiger charge is -2.30. The van der Waals surface area contributed by atoms with Crippen molar-refractivity contribution in [2.24, 2.45) is 0 Å². The Morgan fingerprint density at radius 3 is 2.57 bits per heavy atom. The van der Waals surface area contributed by atoms with Gasteiger partial charge in [-0.1, -0.05) is 42.5 Å². The molecule has 0 saturated carbocycles. The number of aromatic nitrogens is 2. The predicted molar refractivity (Wildman–Crippen MR) is 113 cm³/mol. The molecule has 0 bridgehead atoms. The van der Waals surface area contributed by atoms with E-state index in [1.807, 2.05) is 18.2 Å². The Kier molecular flexibility index (Phi) is 5.99. The molecule has 1 aliphatic rings. The van der Waals surface area contributed by atoms with E-state index in [2.05, 4.69) is 68.0 Å². The van der Waals surface area contributed by atoms with Crippen LogP contribution in [-0.4, -0.2) is 42.8 Å². The summed E-state index contributed by atoms with van der Waals surface area (Å²) in [6.45, 7) is 4.11. The minimum absolute atomic E-state index is 0.629. The van der Waals surface area contributed by atoms with Crippen molar-refractivity contribution in [3.05, 3.63) is 72.4 Å². The molecule has 1 fully saturated rings. The molecule has 0 amide bonds. The zero-order chi connectivity index (χ0) is 19.0. The number of benzene rings is 2. The Hall–Kier alpha value is -3.12. The van der Waals surface area contributed by atoms with Crippen molar-refractivity contribution in [3.8, 4) is 0 Å². The fourth-order valence-electron chi connectivity index (χ4n) is 3.27. The second-order valence-corrected chi connectivity index (χ2v) is 6.67. The number of morpholine rings is 1. The van der Waals surface area contributed by atoms with Crippen molar-refractivity contribution in [2.45, 2.75) is 6.42 Å². The van der Waals surface area contributed by atoms with Crippen molar-refractivity contribution in [2.75, 3.05) is 48.4 Å². The number of hydrogen-bond acceptors (Lipinski definition) is 6. The van der Waals surface area contributed by atoms with E-state index in [1.165, 1.54) is 11.3 Å². The average molecular weight is 375 g/mol. The molecule has 2 aromatic carbocycles. The maximum absolute atomic E-state index is 5.47. The molecule has 6 heteroatoms. The summed E-state index contributed by atoms with van der Waals surface area (Å²) in [5.74, 6) is 1.41. The van der Waals surface area contributed by atoms with Gasteiger partial charge in [0.2, 0.25) is 5.95 Å². The highest BCUT2D eigenvalue weighted by molar-refractivity contribution is 5.74. The lowest BCUT2D eigenvalue weighted by atomic mass is 10.1. The van der Waals surface area contributed by atoms with Crippen LogP contribution < -0.4 is 15.5 Å². The van der Waals surface area contributed by atoms with Gasteiger partial charge >= 0.3 is 0 Å². The highest BCUT2D eigenvalue weighted by Crippen LogP contribution is 2.28. The van der Waals surface area contributed by atoms with Crippen molar-refractivity contribution in [1.29, 1.82) is 0 Å². The fourth-order valence-corrected chi connectivity index (χ4v) is 3.27. The molecule has 0 unspecified atom stereocenters. The van der Waals surface area contributed by atoms with Crippen LogP contribution in [0.4, 0.5) is 23.1 Å². The number of nitrogens with one attached hydrogen (secondary N) is 2. The number of anilines is 4. The maximum Gasteiger partial charge on any atom is 0.224 e. The summed E-state index contributed by atoms with van der Waals surface area (Å²) >= 11 is 0. The van der Waals surface area contributed by atoms with Crippen LogP contribution in [-0.2, 0) is 11.2 Å². The Morgan fingerprint density at radius 2 is 1.71 bits per heavy atom. The smallest absolute Gasteiger partial charge is 0.224 e. The minimum Gasteiger partial charge on any atom is -0.378 e. The minimum atomic E-state index is 0.629. The molecule has 0 spiro atoms. The Morgan fingerprint density at radius 1 is 0.929 bits per heavy atom. The monoisotopic (exact) mass is 375 g/mol. The Bertz CT molecular complexity index is 881. The zero-order valence-electron chi connectivity index (χ0n) is 15.8. The molecule has 2 heterocycles. The van der Waals surface area contributed by atoms with Crippen molar-refractivity contribution >= 4 is 23.1 Å². The standard InChI is InChI=1S/C22H25N5O/c1-2-6-18(7-3-1)10-12-23-22-24-13-11-21(26-22)25-19-8-4-5-9-20(19)27-14-16-28-17-15-27/h1-9,11,13H,10,12,14-17H2,(H2,23,24,25,26). The van der Waals surface area contributed by atoms with Gasteiger partial charge in [0.1, 0.15) is 5.82 Å². The van der Waals surface area contributed by atoms with Crippen LogP contribution in [0.3, 0.4) is 0 Å². The molecule has 144 valence electrons. The van der Waals surface area contributed by atoms with E-state index in [9.17, 15) is 0 Å². The van der Waals surface area contributed by atoms with Crippen LogP contribution >= 0.6 is 0 Å². The van der Waals surface area contributed by atoms with Gasteiger partial charge in [-0.2, -0.15) is 4.98 Å². The van der Waals surface area contributed by atoms with Gasteiger partial charge in [0.05, 0.1) is 24.6 Å². The maximum atomic E-state index is 5.47. The molecular formula is C22H25N5O.